The van der Waals surface area contributed by atoms with Crippen LogP contribution in [0.4, 0.5) is 23.7 Å². The summed E-state index contributed by atoms with van der Waals surface area (Å²) in [6, 6.07) is 1.18. The first-order chi connectivity index (χ1) is 17.8. The molecule has 2 atom stereocenters. The van der Waals surface area contributed by atoms with E-state index in [1.807, 2.05) is 0 Å². The van der Waals surface area contributed by atoms with Crippen LogP contribution >= 0.6 is 0 Å². The highest BCUT2D eigenvalue weighted by atomic mass is 19.4. The van der Waals surface area contributed by atoms with Crippen molar-refractivity contribution in [1.82, 2.24) is 15.5 Å². The zero-order chi connectivity index (χ0) is 28.3. The zero-order valence-corrected chi connectivity index (χ0v) is 22.2. The predicted molar refractivity (Wildman–Crippen MR) is 132 cm³/mol. The lowest BCUT2D eigenvalue weighted by Crippen LogP contribution is -2.58. The molecule has 0 aliphatic carbocycles. The number of fused-ring (bicyclic) bond motifs is 1. The van der Waals surface area contributed by atoms with Crippen molar-refractivity contribution in [3.8, 4) is 5.75 Å². The summed E-state index contributed by atoms with van der Waals surface area (Å²) in [5.74, 6) is -1.59. The van der Waals surface area contributed by atoms with Crippen molar-refractivity contribution in [1.29, 1.82) is 0 Å². The largest absolute Gasteiger partial charge is 0.473 e. The van der Waals surface area contributed by atoms with Gasteiger partial charge in [-0.1, -0.05) is 0 Å². The van der Waals surface area contributed by atoms with Gasteiger partial charge in [-0.3, -0.25) is 9.59 Å². The monoisotopic (exact) mass is 544 g/mol. The molecule has 13 heteroatoms. The van der Waals surface area contributed by atoms with Gasteiger partial charge in [0.15, 0.2) is 0 Å². The van der Waals surface area contributed by atoms with Crippen molar-refractivity contribution in [3.63, 3.8) is 0 Å². The second kappa shape index (κ2) is 11.8. The molecule has 212 valence electrons. The molecule has 0 aromatic heterocycles. The molecule has 3 amide bonds. The van der Waals surface area contributed by atoms with Gasteiger partial charge in [0.2, 0.25) is 5.60 Å². The molecular weight excluding hydrogens is 509 g/mol. The van der Waals surface area contributed by atoms with Gasteiger partial charge in [-0.15, -0.1) is 0 Å². The molecule has 2 N–H and O–H groups in total. The number of ether oxygens (including phenoxy) is 3. The first-order valence-corrected chi connectivity index (χ1v) is 12.4. The van der Waals surface area contributed by atoms with E-state index in [0.717, 1.165) is 25.1 Å². The SMILES string of the molecule is COC[C@]1(C)Oc2cc(C(F)(F)F)c(C(=O)N(C(C)C)[C@@H]3CCCNC3)cc2N(CCNC(=O)OC)C1=O. The van der Waals surface area contributed by atoms with Crippen LogP contribution in [0.3, 0.4) is 0 Å². The Labute approximate surface area is 219 Å². The minimum absolute atomic E-state index is 0.00271. The standard InChI is InChI=1S/C25H35F3N4O6/c1-15(2)32(16-7-6-8-29-13-16)21(33)17-11-19-20(12-18(17)25(26,27)28)38-24(3,14-36-4)22(34)31(19)10-9-30-23(35)37-5/h11-12,15-16,29H,6-10,13-14H2,1-5H3,(H,30,35)/t16-,24+/m1/s1. The number of amides is 3. The fraction of sp³-hybridized carbons (Fsp3) is 0.640. The normalized spacial score (nSPS) is 21.6. The third kappa shape index (κ3) is 6.15. The van der Waals surface area contributed by atoms with Crippen molar-refractivity contribution in [2.45, 2.75) is 57.5 Å². The number of piperidine rings is 1. The van der Waals surface area contributed by atoms with Crippen LogP contribution in [0.15, 0.2) is 12.1 Å². The predicted octanol–water partition coefficient (Wildman–Crippen LogP) is 2.79. The minimum Gasteiger partial charge on any atom is -0.473 e. The van der Waals surface area contributed by atoms with Crippen LogP contribution in [0.5, 0.6) is 5.75 Å². The number of anilines is 1. The van der Waals surface area contributed by atoms with Crippen molar-refractivity contribution >= 4 is 23.6 Å². The highest BCUT2D eigenvalue weighted by Gasteiger charge is 2.47. The number of nitrogens with one attached hydrogen (secondary N) is 2. The average Bonchev–Trinajstić information content (AvgIpc) is 2.85. The second-order valence-electron chi connectivity index (χ2n) is 9.81. The van der Waals surface area contributed by atoms with Crippen LogP contribution in [0.2, 0.25) is 0 Å². The van der Waals surface area contributed by atoms with E-state index in [0.29, 0.717) is 13.0 Å². The molecule has 2 heterocycles. The molecule has 1 fully saturated rings. The first-order valence-electron chi connectivity index (χ1n) is 12.4. The van der Waals surface area contributed by atoms with Gasteiger partial charge in [-0.05, 0) is 52.3 Å². The van der Waals surface area contributed by atoms with Crippen LogP contribution in [0.1, 0.15) is 49.5 Å². The van der Waals surface area contributed by atoms with Gasteiger partial charge < -0.3 is 34.6 Å². The molecule has 0 radical (unpaired) electrons. The lowest BCUT2D eigenvalue weighted by Gasteiger charge is -2.41. The van der Waals surface area contributed by atoms with E-state index in [-0.39, 0.29) is 43.2 Å². The van der Waals surface area contributed by atoms with Gasteiger partial charge in [0, 0.05) is 38.8 Å². The highest BCUT2D eigenvalue weighted by molar-refractivity contribution is 6.05. The molecule has 0 saturated carbocycles. The highest BCUT2D eigenvalue weighted by Crippen LogP contribution is 2.44. The Morgan fingerprint density at radius 2 is 2.03 bits per heavy atom. The molecule has 10 nitrogen and oxygen atoms in total. The van der Waals surface area contributed by atoms with E-state index in [4.69, 9.17) is 9.47 Å². The topological polar surface area (TPSA) is 109 Å². The summed E-state index contributed by atoms with van der Waals surface area (Å²) < 4.78 is 58.4. The average molecular weight is 545 g/mol. The van der Waals surface area contributed by atoms with Crippen molar-refractivity contribution in [2.75, 3.05) is 51.9 Å². The number of carbonyl (C=O) groups excluding carboxylic acids is 3. The van der Waals surface area contributed by atoms with Crippen LogP contribution in [0.25, 0.3) is 0 Å². The molecule has 3 rings (SSSR count). The summed E-state index contributed by atoms with van der Waals surface area (Å²) in [4.78, 5) is 41.4. The van der Waals surface area contributed by atoms with E-state index in [1.54, 1.807) is 13.8 Å². The summed E-state index contributed by atoms with van der Waals surface area (Å²) >= 11 is 0. The quantitative estimate of drug-likeness (QED) is 0.518. The number of hydrogen-bond donors (Lipinski definition) is 2. The Morgan fingerprint density at radius 3 is 2.58 bits per heavy atom. The summed E-state index contributed by atoms with van der Waals surface area (Å²) in [5, 5.41) is 5.65. The van der Waals surface area contributed by atoms with E-state index >= 15 is 0 Å². The molecule has 0 spiro atoms. The number of carbonyl (C=O) groups is 3. The van der Waals surface area contributed by atoms with Gasteiger partial charge >= 0.3 is 12.3 Å². The number of hydrogen-bond acceptors (Lipinski definition) is 7. The summed E-state index contributed by atoms with van der Waals surface area (Å²) in [5.41, 5.74) is -3.36. The Bertz CT molecular complexity index is 1040. The van der Waals surface area contributed by atoms with E-state index < -0.39 is 40.8 Å². The number of alkyl halides is 3. The number of nitrogens with zero attached hydrogens (tertiary/aromatic N) is 2. The van der Waals surface area contributed by atoms with Crippen molar-refractivity contribution in [2.24, 2.45) is 0 Å². The molecule has 1 saturated heterocycles. The Morgan fingerprint density at radius 1 is 1.32 bits per heavy atom. The first kappa shape index (κ1) is 29.5. The molecule has 38 heavy (non-hydrogen) atoms. The molecule has 1 aromatic carbocycles. The summed E-state index contributed by atoms with van der Waals surface area (Å²) in [6.45, 7) is 5.77. The molecule has 1 aromatic rings. The Hall–Kier alpha value is -3.06. The van der Waals surface area contributed by atoms with Crippen molar-refractivity contribution < 1.29 is 41.8 Å². The van der Waals surface area contributed by atoms with Crippen LogP contribution < -0.4 is 20.3 Å². The second-order valence-corrected chi connectivity index (χ2v) is 9.81. The van der Waals surface area contributed by atoms with E-state index in [1.165, 1.54) is 30.9 Å². The number of alkyl carbamates (subject to hydrolysis) is 1. The maximum atomic E-state index is 14.3. The van der Waals surface area contributed by atoms with E-state index in [2.05, 4.69) is 15.4 Å². The lowest BCUT2D eigenvalue weighted by atomic mass is 9.96. The maximum absolute atomic E-state index is 14.3. The van der Waals surface area contributed by atoms with Crippen molar-refractivity contribution in [3.05, 3.63) is 23.3 Å². The van der Waals surface area contributed by atoms with Gasteiger partial charge in [0.1, 0.15) is 5.75 Å². The summed E-state index contributed by atoms with van der Waals surface area (Å²) in [7, 11) is 2.52. The molecular formula is C25H35F3N4O6. The van der Waals surface area contributed by atoms with Gasteiger partial charge in [-0.2, -0.15) is 13.2 Å². The Kier molecular flexibility index (Phi) is 9.13. The van der Waals surface area contributed by atoms with Crippen LogP contribution in [-0.4, -0.2) is 87.5 Å². The van der Waals surface area contributed by atoms with Crippen LogP contribution in [-0.2, 0) is 20.4 Å². The fourth-order valence-corrected chi connectivity index (χ4v) is 4.92. The molecule has 0 bridgehead atoms. The number of benzene rings is 1. The minimum atomic E-state index is -4.87. The van der Waals surface area contributed by atoms with Crippen LogP contribution in [0, 0.1) is 0 Å². The Balaban J connectivity index is 2.13. The number of halogens is 3. The smallest absolute Gasteiger partial charge is 0.417 e. The molecule has 0 unspecified atom stereocenters. The number of methoxy groups -OCH3 is 2. The van der Waals surface area contributed by atoms with Gasteiger partial charge in [0.25, 0.3) is 11.8 Å². The number of rotatable bonds is 8. The van der Waals surface area contributed by atoms with E-state index in [9.17, 15) is 27.6 Å². The zero-order valence-electron chi connectivity index (χ0n) is 22.2. The fourth-order valence-electron chi connectivity index (χ4n) is 4.92. The molecule has 2 aliphatic heterocycles. The third-order valence-corrected chi connectivity index (χ3v) is 6.62. The maximum Gasteiger partial charge on any atom is 0.417 e. The summed E-state index contributed by atoms with van der Waals surface area (Å²) in [6.07, 6.45) is -4.15. The third-order valence-electron chi connectivity index (χ3n) is 6.62. The van der Waals surface area contributed by atoms with Gasteiger partial charge in [-0.25, -0.2) is 4.79 Å². The lowest BCUT2D eigenvalue weighted by molar-refractivity contribution is -0.139. The van der Waals surface area contributed by atoms with Gasteiger partial charge in [0.05, 0.1) is 30.5 Å². The molecule has 2 aliphatic rings.